The Hall–Kier alpha value is -1.10. The second-order valence-corrected chi connectivity index (χ2v) is 6.14. The third-order valence-corrected chi connectivity index (χ3v) is 4.36. The van der Waals surface area contributed by atoms with Crippen molar-refractivity contribution in [1.29, 1.82) is 0 Å². The molecule has 1 saturated heterocycles. The van der Waals surface area contributed by atoms with Crippen LogP contribution in [0.1, 0.15) is 24.0 Å². The minimum atomic E-state index is -0.475. The predicted octanol–water partition coefficient (Wildman–Crippen LogP) is 1.75. The van der Waals surface area contributed by atoms with Crippen molar-refractivity contribution in [1.82, 2.24) is 4.90 Å². The minimum absolute atomic E-state index is 0.284. The summed E-state index contributed by atoms with van der Waals surface area (Å²) >= 11 is 0. The summed E-state index contributed by atoms with van der Waals surface area (Å²) in [7, 11) is 0. The summed E-state index contributed by atoms with van der Waals surface area (Å²) < 4.78 is 5.67. The molecule has 118 valence electrons. The first-order valence-electron chi connectivity index (χ1n) is 7.80. The topological polar surface area (TPSA) is 52.9 Å². The number of piperidine rings is 1. The number of aliphatic hydroxyl groups is 2. The van der Waals surface area contributed by atoms with Gasteiger partial charge in [-0.3, -0.25) is 0 Å². The van der Waals surface area contributed by atoms with Crippen LogP contribution in [0.15, 0.2) is 18.2 Å². The van der Waals surface area contributed by atoms with Crippen LogP contribution in [0, 0.1) is 19.8 Å². The molecule has 1 unspecified atom stereocenters. The second kappa shape index (κ2) is 7.78. The molecule has 0 aliphatic carbocycles. The Morgan fingerprint density at radius 2 is 1.95 bits per heavy atom. The standard InChI is InChI=1S/C17H27NO3/c1-13-3-4-17(9-14(13)2)21-12-16(20)10-18-7-5-15(11-19)6-8-18/h3-4,9,15-16,19-20H,5-8,10-12H2,1-2H3. The highest BCUT2D eigenvalue weighted by Gasteiger charge is 2.20. The predicted molar refractivity (Wildman–Crippen MR) is 83.7 cm³/mol. The molecule has 2 N–H and O–H groups in total. The molecule has 1 aliphatic heterocycles. The average Bonchev–Trinajstić information content (AvgIpc) is 2.49. The molecule has 1 heterocycles. The third-order valence-electron chi connectivity index (χ3n) is 4.36. The molecule has 2 rings (SSSR count). The van der Waals surface area contributed by atoms with Gasteiger partial charge in [0.1, 0.15) is 18.5 Å². The number of ether oxygens (including phenoxy) is 1. The van der Waals surface area contributed by atoms with Gasteiger partial charge < -0.3 is 19.8 Å². The lowest BCUT2D eigenvalue weighted by molar-refractivity contribution is 0.0488. The van der Waals surface area contributed by atoms with Crippen LogP contribution in [0.3, 0.4) is 0 Å². The number of likely N-dealkylation sites (tertiary alicyclic amines) is 1. The SMILES string of the molecule is Cc1ccc(OCC(O)CN2CCC(CO)CC2)cc1C. The molecule has 1 aliphatic rings. The van der Waals surface area contributed by atoms with Crippen LogP contribution in [0.4, 0.5) is 0 Å². The van der Waals surface area contributed by atoms with Crippen LogP contribution in [0.25, 0.3) is 0 Å². The number of nitrogens with zero attached hydrogens (tertiary/aromatic N) is 1. The Morgan fingerprint density at radius 1 is 1.24 bits per heavy atom. The quantitative estimate of drug-likeness (QED) is 0.839. The van der Waals surface area contributed by atoms with Crippen LogP contribution in [-0.4, -0.2) is 54.1 Å². The van der Waals surface area contributed by atoms with Crippen molar-refractivity contribution in [2.45, 2.75) is 32.8 Å². The lowest BCUT2D eigenvalue weighted by Gasteiger charge is -2.32. The highest BCUT2D eigenvalue weighted by Crippen LogP contribution is 2.18. The molecule has 0 bridgehead atoms. The van der Waals surface area contributed by atoms with Crippen molar-refractivity contribution in [3.63, 3.8) is 0 Å². The number of aryl methyl sites for hydroxylation is 2. The van der Waals surface area contributed by atoms with Crippen LogP contribution in [-0.2, 0) is 0 Å². The van der Waals surface area contributed by atoms with E-state index in [9.17, 15) is 5.11 Å². The van der Waals surface area contributed by atoms with E-state index in [-0.39, 0.29) is 6.61 Å². The maximum absolute atomic E-state index is 10.1. The van der Waals surface area contributed by atoms with Gasteiger partial charge in [-0.1, -0.05) is 6.07 Å². The molecule has 0 amide bonds. The maximum Gasteiger partial charge on any atom is 0.119 e. The molecule has 0 radical (unpaired) electrons. The molecule has 4 nitrogen and oxygen atoms in total. The summed E-state index contributed by atoms with van der Waals surface area (Å²) in [4.78, 5) is 2.25. The van der Waals surface area contributed by atoms with Crippen molar-refractivity contribution in [2.75, 3.05) is 32.8 Å². The van der Waals surface area contributed by atoms with Gasteiger partial charge in [-0.05, 0) is 69.0 Å². The molecule has 0 aromatic heterocycles. The molecule has 0 saturated carbocycles. The Bertz CT molecular complexity index is 442. The van der Waals surface area contributed by atoms with Gasteiger partial charge in [-0.15, -0.1) is 0 Å². The Morgan fingerprint density at radius 3 is 2.57 bits per heavy atom. The van der Waals surface area contributed by atoms with E-state index in [0.717, 1.165) is 31.7 Å². The zero-order valence-electron chi connectivity index (χ0n) is 13.1. The van der Waals surface area contributed by atoms with E-state index in [1.54, 1.807) is 0 Å². The first-order chi connectivity index (χ1) is 10.1. The lowest BCUT2D eigenvalue weighted by atomic mass is 9.98. The van der Waals surface area contributed by atoms with Gasteiger partial charge in [-0.2, -0.15) is 0 Å². The van der Waals surface area contributed by atoms with E-state index in [0.29, 0.717) is 19.1 Å². The van der Waals surface area contributed by atoms with Crippen molar-refractivity contribution < 1.29 is 14.9 Å². The van der Waals surface area contributed by atoms with E-state index in [1.807, 2.05) is 18.2 Å². The Kier molecular flexibility index (Phi) is 6.03. The zero-order chi connectivity index (χ0) is 15.2. The van der Waals surface area contributed by atoms with Crippen LogP contribution in [0.2, 0.25) is 0 Å². The number of rotatable bonds is 6. The molecule has 1 atom stereocenters. The average molecular weight is 293 g/mol. The van der Waals surface area contributed by atoms with Crippen molar-refractivity contribution in [3.8, 4) is 5.75 Å². The summed E-state index contributed by atoms with van der Waals surface area (Å²) in [5.74, 6) is 1.25. The zero-order valence-corrected chi connectivity index (χ0v) is 13.1. The van der Waals surface area contributed by atoms with Gasteiger partial charge in [0, 0.05) is 13.2 Å². The normalized spacial score (nSPS) is 18.7. The second-order valence-electron chi connectivity index (χ2n) is 6.14. The van der Waals surface area contributed by atoms with Gasteiger partial charge in [-0.25, -0.2) is 0 Å². The molecule has 21 heavy (non-hydrogen) atoms. The Balaban J connectivity index is 1.72. The Labute approximate surface area is 127 Å². The van der Waals surface area contributed by atoms with Gasteiger partial charge in [0.2, 0.25) is 0 Å². The number of hydrogen-bond donors (Lipinski definition) is 2. The van der Waals surface area contributed by atoms with E-state index >= 15 is 0 Å². The maximum atomic E-state index is 10.1. The summed E-state index contributed by atoms with van der Waals surface area (Å²) in [5.41, 5.74) is 2.45. The largest absolute Gasteiger partial charge is 0.491 e. The highest BCUT2D eigenvalue weighted by molar-refractivity contribution is 5.33. The lowest BCUT2D eigenvalue weighted by Crippen LogP contribution is -2.41. The molecule has 4 heteroatoms. The highest BCUT2D eigenvalue weighted by atomic mass is 16.5. The summed E-state index contributed by atoms with van der Waals surface area (Å²) in [6, 6.07) is 5.99. The molecule has 1 fully saturated rings. The first kappa shape index (κ1) is 16.3. The summed E-state index contributed by atoms with van der Waals surface area (Å²) in [6.45, 7) is 7.28. The molecular weight excluding hydrogens is 266 g/mol. The third kappa shape index (κ3) is 4.99. The monoisotopic (exact) mass is 293 g/mol. The van der Waals surface area contributed by atoms with Crippen LogP contribution < -0.4 is 4.74 Å². The van der Waals surface area contributed by atoms with Crippen LogP contribution in [0.5, 0.6) is 5.75 Å². The molecule has 1 aromatic carbocycles. The van der Waals surface area contributed by atoms with E-state index < -0.39 is 6.10 Å². The smallest absolute Gasteiger partial charge is 0.119 e. The van der Waals surface area contributed by atoms with Crippen molar-refractivity contribution >= 4 is 0 Å². The van der Waals surface area contributed by atoms with Crippen molar-refractivity contribution in [3.05, 3.63) is 29.3 Å². The fourth-order valence-corrected chi connectivity index (χ4v) is 2.70. The molecular formula is C17H27NO3. The number of β-amino-alcohol motifs (C(OH)–C–C–N with tert-alkyl or cyclic N) is 1. The fraction of sp³-hybridized carbons (Fsp3) is 0.647. The summed E-state index contributed by atoms with van der Waals surface area (Å²) in [5, 5.41) is 19.2. The van der Waals surface area contributed by atoms with Gasteiger partial charge in [0.05, 0.1) is 0 Å². The molecule has 1 aromatic rings. The molecule has 0 spiro atoms. The van der Waals surface area contributed by atoms with E-state index in [1.165, 1.54) is 11.1 Å². The number of benzene rings is 1. The van der Waals surface area contributed by atoms with Gasteiger partial charge in [0.25, 0.3) is 0 Å². The number of hydrogen-bond acceptors (Lipinski definition) is 4. The first-order valence-corrected chi connectivity index (χ1v) is 7.80. The van der Waals surface area contributed by atoms with Crippen molar-refractivity contribution in [2.24, 2.45) is 5.92 Å². The van der Waals surface area contributed by atoms with Gasteiger partial charge >= 0.3 is 0 Å². The van der Waals surface area contributed by atoms with E-state index in [2.05, 4.69) is 18.7 Å². The van der Waals surface area contributed by atoms with Crippen LogP contribution >= 0.6 is 0 Å². The van der Waals surface area contributed by atoms with Gasteiger partial charge in [0.15, 0.2) is 0 Å². The number of aliphatic hydroxyl groups excluding tert-OH is 2. The summed E-state index contributed by atoms with van der Waals surface area (Å²) in [6.07, 6.45) is 1.56. The minimum Gasteiger partial charge on any atom is -0.491 e. The van der Waals surface area contributed by atoms with E-state index in [4.69, 9.17) is 9.84 Å². The fourth-order valence-electron chi connectivity index (χ4n) is 2.70.